The number of carbonyl (C=O) groups is 1. The van der Waals surface area contributed by atoms with Crippen molar-refractivity contribution in [1.29, 1.82) is 0 Å². The first-order valence-corrected chi connectivity index (χ1v) is 6.32. The lowest BCUT2D eigenvalue weighted by atomic mass is 10.1. The van der Waals surface area contributed by atoms with Gasteiger partial charge in [-0.05, 0) is 44.2 Å². The van der Waals surface area contributed by atoms with Crippen LogP contribution in [0.4, 0.5) is 15.8 Å². The molecule has 2 rings (SSSR count). The Bertz CT molecular complexity index is 626. The highest BCUT2D eigenvalue weighted by Gasteiger charge is 2.18. The van der Waals surface area contributed by atoms with E-state index in [4.69, 9.17) is 5.73 Å². The molecule has 2 aromatic rings. The number of nitrogen functional groups attached to an aromatic ring is 1. The molecule has 2 N–H and O–H groups in total. The van der Waals surface area contributed by atoms with Crippen LogP contribution < -0.4 is 10.6 Å². The van der Waals surface area contributed by atoms with E-state index in [0.29, 0.717) is 29.2 Å². The Balaban J connectivity index is 2.38. The average Bonchev–Trinajstić information content (AvgIpc) is 2.44. The van der Waals surface area contributed by atoms with Crippen molar-refractivity contribution in [3.05, 3.63) is 53.6 Å². The Labute approximate surface area is 117 Å². The third-order valence-electron chi connectivity index (χ3n) is 3.04. The smallest absolute Gasteiger partial charge is 0.260 e. The number of halogens is 1. The summed E-state index contributed by atoms with van der Waals surface area (Å²) in [6, 6.07) is 7.42. The maximum atomic E-state index is 13.0. The van der Waals surface area contributed by atoms with Crippen molar-refractivity contribution in [1.82, 2.24) is 4.98 Å². The van der Waals surface area contributed by atoms with Crippen molar-refractivity contribution in [2.45, 2.75) is 13.8 Å². The highest BCUT2D eigenvalue weighted by molar-refractivity contribution is 6.07. The number of aryl methyl sites for hydroxylation is 1. The number of aromatic nitrogens is 1. The van der Waals surface area contributed by atoms with Crippen LogP contribution in [0, 0.1) is 12.7 Å². The average molecular weight is 273 g/mol. The fraction of sp³-hybridized carbons (Fsp3) is 0.200. The van der Waals surface area contributed by atoms with E-state index in [0.717, 1.165) is 0 Å². The van der Waals surface area contributed by atoms with E-state index >= 15 is 0 Å². The molecule has 1 heterocycles. The zero-order valence-electron chi connectivity index (χ0n) is 11.4. The number of hydrogen-bond acceptors (Lipinski definition) is 3. The van der Waals surface area contributed by atoms with Gasteiger partial charge in [0.2, 0.25) is 0 Å². The third-order valence-corrected chi connectivity index (χ3v) is 3.04. The Kier molecular flexibility index (Phi) is 3.98. The summed E-state index contributed by atoms with van der Waals surface area (Å²) in [6.45, 7) is 4.08. The summed E-state index contributed by atoms with van der Waals surface area (Å²) in [5.74, 6) is -0.532. The van der Waals surface area contributed by atoms with Gasteiger partial charge in [-0.15, -0.1) is 0 Å². The van der Waals surface area contributed by atoms with Crippen molar-refractivity contribution in [3.8, 4) is 0 Å². The van der Waals surface area contributed by atoms with E-state index in [2.05, 4.69) is 4.98 Å². The fourth-order valence-corrected chi connectivity index (χ4v) is 1.98. The second-order valence-electron chi connectivity index (χ2n) is 4.43. The van der Waals surface area contributed by atoms with Crippen LogP contribution in [0.3, 0.4) is 0 Å². The van der Waals surface area contributed by atoms with Crippen LogP contribution in [0.1, 0.15) is 23.0 Å². The Hall–Kier alpha value is -2.43. The number of hydrogen-bond donors (Lipinski definition) is 1. The van der Waals surface area contributed by atoms with E-state index in [1.165, 1.54) is 18.3 Å². The monoisotopic (exact) mass is 273 g/mol. The molecule has 1 amide bonds. The summed E-state index contributed by atoms with van der Waals surface area (Å²) in [4.78, 5) is 18.2. The fourth-order valence-electron chi connectivity index (χ4n) is 1.98. The first kappa shape index (κ1) is 14.0. The SMILES string of the molecule is CCN(C(=O)c1cc(N)cnc1C)c1ccc(F)cc1. The van der Waals surface area contributed by atoms with Crippen molar-refractivity contribution >= 4 is 17.3 Å². The van der Waals surface area contributed by atoms with E-state index in [9.17, 15) is 9.18 Å². The molecule has 0 fully saturated rings. The Morgan fingerprint density at radius 2 is 2.00 bits per heavy atom. The van der Waals surface area contributed by atoms with Gasteiger partial charge in [0.25, 0.3) is 5.91 Å². The maximum Gasteiger partial charge on any atom is 0.260 e. The Morgan fingerprint density at radius 1 is 1.35 bits per heavy atom. The predicted octanol–water partition coefficient (Wildman–Crippen LogP) is 2.78. The lowest BCUT2D eigenvalue weighted by Crippen LogP contribution is -2.31. The minimum absolute atomic E-state index is 0.198. The van der Waals surface area contributed by atoms with Crippen molar-refractivity contribution in [2.75, 3.05) is 17.2 Å². The summed E-state index contributed by atoms with van der Waals surface area (Å²) >= 11 is 0. The van der Waals surface area contributed by atoms with Gasteiger partial charge in [-0.3, -0.25) is 9.78 Å². The van der Waals surface area contributed by atoms with Crippen molar-refractivity contribution in [2.24, 2.45) is 0 Å². The second-order valence-corrected chi connectivity index (χ2v) is 4.43. The molecular weight excluding hydrogens is 257 g/mol. The van der Waals surface area contributed by atoms with E-state index in [1.54, 1.807) is 30.0 Å². The topological polar surface area (TPSA) is 59.2 Å². The number of rotatable bonds is 3. The second kappa shape index (κ2) is 5.69. The quantitative estimate of drug-likeness (QED) is 0.935. The van der Waals surface area contributed by atoms with Gasteiger partial charge in [0, 0.05) is 12.2 Å². The van der Waals surface area contributed by atoms with Gasteiger partial charge >= 0.3 is 0 Å². The summed E-state index contributed by atoms with van der Waals surface area (Å²) in [7, 11) is 0. The molecule has 0 spiro atoms. The molecule has 0 atom stereocenters. The molecular formula is C15H16FN3O. The number of anilines is 2. The molecule has 0 aliphatic carbocycles. The van der Waals surface area contributed by atoms with E-state index in [1.807, 2.05) is 6.92 Å². The predicted molar refractivity (Wildman–Crippen MR) is 77.1 cm³/mol. The third kappa shape index (κ3) is 2.77. The van der Waals surface area contributed by atoms with Crippen LogP contribution >= 0.6 is 0 Å². The minimum atomic E-state index is -0.334. The van der Waals surface area contributed by atoms with Gasteiger partial charge < -0.3 is 10.6 Å². The molecule has 1 aromatic heterocycles. The zero-order valence-corrected chi connectivity index (χ0v) is 11.4. The molecule has 1 aromatic carbocycles. The van der Waals surface area contributed by atoms with Gasteiger partial charge in [-0.2, -0.15) is 0 Å². The van der Waals surface area contributed by atoms with Crippen molar-refractivity contribution in [3.63, 3.8) is 0 Å². The lowest BCUT2D eigenvalue weighted by Gasteiger charge is -2.22. The largest absolute Gasteiger partial charge is 0.397 e. The van der Waals surface area contributed by atoms with Crippen LogP contribution in [0.15, 0.2) is 36.5 Å². The van der Waals surface area contributed by atoms with Gasteiger partial charge in [-0.25, -0.2) is 4.39 Å². The molecule has 0 unspecified atom stereocenters. The number of amides is 1. The molecule has 20 heavy (non-hydrogen) atoms. The number of pyridine rings is 1. The molecule has 0 aliphatic heterocycles. The molecule has 0 bridgehead atoms. The van der Waals surface area contributed by atoms with Gasteiger partial charge in [-0.1, -0.05) is 0 Å². The highest BCUT2D eigenvalue weighted by Crippen LogP contribution is 2.19. The zero-order chi connectivity index (χ0) is 14.7. The lowest BCUT2D eigenvalue weighted by molar-refractivity contribution is 0.0987. The number of nitrogens with zero attached hydrogens (tertiary/aromatic N) is 2. The minimum Gasteiger partial charge on any atom is -0.397 e. The maximum absolute atomic E-state index is 13.0. The Morgan fingerprint density at radius 3 is 2.60 bits per heavy atom. The standard InChI is InChI=1S/C15H16FN3O/c1-3-19(13-6-4-11(16)5-7-13)15(20)14-8-12(17)9-18-10(14)2/h4-9H,3,17H2,1-2H3. The van der Waals surface area contributed by atoms with E-state index in [-0.39, 0.29) is 11.7 Å². The van der Waals surface area contributed by atoms with Crippen LogP contribution in [0.25, 0.3) is 0 Å². The summed E-state index contributed by atoms with van der Waals surface area (Å²) in [5, 5.41) is 0. The van der Waals surface area contributed by atoms with Crippen LogP contribution in [0.5, 0.6) is 0 Å². The number of carbonyl (C=O) groups excluding carboxylic acids is 1. The summed E-state index contributed by atoms with van der Waals surface area (Å²) in [6.07, 6.45) is 1.51. The van der Waals surface area contributed by atoms with E-state index < -0.39 is 0 Å². The molecule has 0 saturated heterocycles. The first-order chi connectivity index (χ1) is 9.52. The molecule has 0 aliphatic rings. The first-order valence-electron chi connectivity index (χ1n) is 6.32. The van der Waals surface area contributed by atoms with Crippen LogP contribution in [-0.4, -0.2) is 17.4 Å². The molecule has 5 heteroatoms. The number of benzene rings is 1. The van der Waals surface area contributed by atoms with Crippen LogP contribution in [0.2, 0.25) is 0 Å². The molecule has 0 saturated carbocycles. The van der Waals surface area contributed by atoms with Gasteiger partial charge in [0.15, 0.2) is 0 Å². The molecule has 4 nitrogen and oxygen atoms in total. The number of nitrogens with two attached hydrogens (primary N) is 1. The van der Waals surface area contributed by atoms with Gasteiger partial charge in [0.1, 0.15) is 5.82 Å². The van der Waals surface area contributed by atoms with Gasteiger partial charge in [0.05, 0.1) is 23.1 Å². The highest BCUT2D eigenvalue weighted by atomic mass is 19.1. The molecule has 104 valence electrons. The normalized spacial score (nSPS) is 10.3. The van der Waals surface area contributed by atoms with Crippen LogP contribution in [-0.2, 0) is 0 Å². The van der Waals surface area contributed by atoms with Crippen molar-refractivity contribution < 1.29 is 9.18 Å². The molecule has 0 radical (unpaired) electrons. The summed E-state index contributed by atoms with van der Waals surface area (Å²) < 4.78 is 13.0. The summed E-state index contributed by atoms with van der Waals surface area (Å²) in [5.41, 5.74) is 7.83.